The van der Waals surface area contributed by atoms with Crippen LogP contribution in [0.2, 0.25) is 10.0 Å². The van der Waals surface area contributed by atoms with Crippen LogP contribution >= 0.6 is 23.2 Å². The Morgan fingerprint density at radius 2 is 1.74 bits per heavy atom. The van der Waals surface area contributed by atoms with Crippen molar-refractivity contribution in [3.63, 3.8) is 0 Å². The molecule has 2 fully saturated rings. The zero-order chi connectivity index (χ0) is 37.2. The molecule has 3 aromatic heterocycles. The highest BCUT2D eigenvalue weighted by Crippen LogP contribution is 2.42. The number of rotatable bonds is 11. The van der Waals surface area contributed by atoms with Gasteiger partial charge in [0.15, 0.2) is 0 Å². The number of nitrogens with zero attached hydrogens (tertiary/aromatic N) is 5. The molecule has 3 N–H and O–H groups in total. The molecule has 0 radical (unpaired) electrons. The number of aliphatic hydroxyl groups excluding tert-OH is 1. The molecule has 0 bridgehead atoms. The summed E-state index contributed by atoms with van der Waals surface area (Å²) in [5, 5.41) is 23.3. The second kappa shape index (κ2) is 15.5. The summed E-state index contributed by atoms with van der Waals surface area (Å²) >= 11 is 14.2. The van der Waals surface area contributed by atoms with Crippen molar-refractivity contribution in [3.8, 4) is 39.4 Å². The van der Waals surface area contributed by atoms with Gasteiger partial charge in [-0.2, -0.15) is 0 Å². The SMILES string of the molecule is COc1nc(-c2cccc(-c3cccc(-c4ccn5c(=O)c(CN6CCCC6CO)cnc5c4)c3Cl)c2Cl)ccc1CN(C[C@@H]1CCC(=O)N1)C(=O)O. The van der Waals surface area contributed by atoms with E-state index in [4.69, 9.17) is 32.9 Å². The van der Waals surface area contributed by atoms with Crippen LogP contribution in [0.3, 0.4) is 0 Å². The first kappa shape index (κ1) is 36.4. The Bertz CT molecular complexity index is 2260. The molecule has 7 rings (SSSR count). The number of benzene rings is 2. The summed E-state index contributed by atoms with van der Waals surface area (Å²) < 4.78 is 7.12. The van der Waals surface area contributed by atoms with Crippen LogP contribution in [-0.2, 0) is 17.9 Å². The average molecular weight is 758 g/mol. The van der Waals surface area contributed by atoms with Crippen molar-refractivity contribution >= 4 is 40.8 Å². The lowest BCUT2D eigenvalue weighted by Crippen LogP contribution is -2.41. The number of carboxylic acid groups (broad SMARTS) is 1. The van der Waals surface area contributed by atoms with E-state index in [9.17, 15) is 24.6 Å². The van der Waals surface area contributed by atoms with Gasteiger partial charge in [0, 0.05) is 71.8 Å². The maximum absolute atomic E-state index is 13.4. The van der Waals surface area contributed by atoms with Gasteiger partial charge in [-0.15, -0.1) is 0 Å². The molecule has 5 heterocycles. The lowest BCUT2D eigenvalue weighted by molar-refractivity contribution is -0.119. The van der Waals surface area contributed by atoms with E-state index in [1.807, 2.05) is 48.5 Å². The molecular formula is C39H38Cl2N6O6. The minimum Gasteiger partial charge on any atom is -0.481 e. The highest BCUT2D eigenvalue weighted by atomic mass is 35.5. The van der Waals surface area contributed by atoms with Crippen LogP contribution in [0, 0.1) is 0 Å². The van der Waals surface area contributed by atoms with E-state index in [1.54, 1.807) is 24.5 Å². The number of likely N-dealkylation sites (tertiary alicyclic amines) is 1. The summed E-state index contributed by atoms with van der Waals surface area (Å²) in [6, 6.07) is 18.3. The van der Waals surface area contributed by atoms with Gasteiger partial charge in [-0.05, 0) is 55.6 Å². The standard InChI is InChI=1S/C39H38Cl2N6O6/c1-53-37-24(19-46(39(51)52)21-26-11-13-34(49)43-26)10-12-32(44-37)31-9-3-8-30(36(31)41)29-7-2-6-28(35(29)40)23-14-16-47-33(17-23)42-18-25(38(47)50)20-45-15-4-5-27(45)22-48/h2-3,6-10,12,14,16-18,26-27,48H,4-5,11,13,15,19-22H2,1H3,(H,43,49)(H,51,52)/t26-,27?/m0/s1. The highest BCUT2D eigenvalue weighted by Gasteiger charge is 2.27. The van der Waals surface area contributed by atoms with Crippen molar-refractivity contribution in [2.45, 2.75) is 50.9 Å². The van der Waals surface area contributed by atoms with Gasteiger partial charge in [0.25, 0.3) is 5.56 Å². The molecule has 2 atom stereocenters. The summed E-state index contributed by atoms with van der Waals surface area (Å²) in [6.45, 7) is 1.52. The van der Waals surface area contributed by atoms with Gasteiger partial charge in [-0.3, -0.25) is 18.9 Å². The van der Waals surface area contributed by atoms with E-state index in [0.717, 1.165) is 30.5 Å². The molecule has 274 valence electrons. The van der Waals surface area contributed by atoms with Gasteiger partial charge < -0.3 is 25.2 Å². The first-order valence-corrected chi connectivity index (χ1v) is 18.1. The van der Waals surface area contributed by atoms with Gasteiger partial charge in [-0.1, -0.05) is 59.6 Å². The zero-order valence-electron chi connectivity index (χ0n) is 29.0. The fourth-order valence-corrected chi connectivity index (χ4v) is 7.89. The number of nitrogens with one attached hydrogen (secondary N) is 1. The van der Waals surface area contributed by atoms with E-state index in [2.05, 4.69) is 15.2 Å². The molecular weight excluding hydrogens is 719 g/mol. The van der Waals surface area contributed by atoms with Crippen molar-refractivity contribution in [3.05, 3.63) is 105 Å². The first-order valence-electron chi connectivity index (χ1n) is 17.4. The first-order chi connectivity index (χ1) is 25.6. The third kappa shape index (κ3) is 7.45. The lowest BCUT2D eigenvalue weighted by Gasteiger charge is -2.23. The molecule has 2 aliphatic heterocycles. The number of methoxy groups -OCH3 is 1. The normalized spacial score (nSPS) is 17.3. The fraction of sp³-hybridized carbons (Fsp3) is 0.308. The van der Waals surface area contributed by atoms with Crippen molar-refractivity contribution in [2.24, 2.45) is 0 Å². The summed E-state index contributed by atoms with van der Waals surface area (Å²) in [6.07, 6.45) is 5.07. The van der Waals surface area contributed by atoms with Crippen LogP contribution in [0.5, 0.6) is 5.88 Å². The van der Waals surface area contributed by atoms with Crippen LogP contribution in [0.25, 0.3) is 39.2 Å². The number of halogens is 2. The van der Waals surface area contributed by atoms with E-state index in [1.165, 1.54) is 16.4 Å². The van der Waals surface area contributed by atoms with E-state index in [-0.39, 0.29) is 49.1 Å². The Hall–Kier alpha value is -5.01. The van der Waals surface area contributed by atoms with Gasteiger partial charge >= 0.3 is 6.09 Å². The number of carbonyl (C=O) groups is 2. The fourth-order valence-electron chi connectivity index (χ4n) is 7.23. The summed E-state index contributed by atoms with van der Waals surface area (Å²) in [5.41, 5.74) is 5.51. The minimum absolute atomic E-state index is 0.0259. The number of carbonyl (C=O) groups excluding carboxylic acids is 1. The largest absolute Gasteiger partial charge is 0.481 e. The van der Waals surface area contributed by atoms with Crippen molar-refractivity contribution in [1.29, 1.82) is 0 Å². The second-order valence-electron chi connectivity index (χ2n) is 13.3. The Morgan fingerprint density at radius 1 is 1.00 bits per heavy atom. The smallest absolute Gasteiger partial charge is 0.407 e. The number of aromatic nitrogens is 3. The van der Waals surface area contributed by atoms with Gasteiger partial charge in [-0.25, -0.2) is 14.8 Å². The lowest BCUT2D eigenvalue weighted by atomic mass is 9.97. The van der Waals surface area contributed by atoms with Gasteiger partial charge in [0.1, 0.15) is 5.65 Å². The molecule has 1 unspecified atom stereocenters. The molecule has 2 saturated heterocycles. The Balaban J connectivity index is 1.15. The summed E-state index contributed by atoms with van der Waals surface area (Å²) in [4.78, 5) is 49.8. The van der Waals surface area contributed by atoms with Crippen LogP contribution < -0.4 is 15.6 Å². The number of hydrogen-bond acceptors (Lipinski definition) is 8. The van der Waals surface area contributed by atoms with Crippen LogP contribution in [0.1, 0.15) is 36.8 Å². The number of ether oxygens (including phenoxy) is 1. The molecule has 2 aromatic carbocycles. The number of fused-ring (bicyclic) bond motifs is 1. The van der Waals surface area contributed by atoms with Crippen molar-refractivity contribution in [1.82, 2.24) is 29.5 Å². The quantitative estimate of drug-likeness (QED) is 0.145. The molecule has 12 nitrogen and oxygen atoms in total. The maximum atomic E-state index is 13.4. The second-order valence-corrected chi connectivity index (χ2v) is 14.1. The molecule has 0 spiro atoms. The van der Waals surface area contributed by atoms with E-state index >= 15 is 0 Å². The molecule has 2 amide bonds. The van der Waals surface area contributed by atoms with Crippen LogP contribution in [0.4, 0.5) is 4.79 Å². The van der Waals surface area contributed by atoms with Gasteiger partial charge in [0.2, 0.25) is 11.8 Å². The average Bonchev–Trinajstić information content (AvgIpc) is 3.80. The van der Waals surface area contributed by atoms with Crippen LogP contribution in [-0.4, -0.2) is 85.3 Å². The molecule has 14 heteroatoms. The third-order valence-electron chi connectivity index (χ3n) is 10.0. The van der Waals surface area contributed by atoms with Crippen LogP contribution in [0.15, 0.2) is 77.9 Å². The molecule has 5 aromatic rings. The maximum Gasteiger partial charge on any atom is 0.407 e. The zero-order valence-corrected chi connectivity index (χ0v) is 30.5. The Labute approximate surface area is 315 Å². The Morgan fingerprint density at radius 3 is 2.43 bits per heavy atom. The topological polar surface area (TPSA) is 150 Å². The molecule has 2 aliphatic rings. The molecule has 0 aliphatic carbocycles. The predicted octanol–water partition coefficient (Wildman–Crippen LogP) is 6.12. The number of aliphatic hydroxyl groups is 1. The van der Waals surface area contributed by atoms with E-state index in [0.29, 0.717) is 68.6 Å². The number of hydrogen-bond donors (Lipinski definition) is 3. The third-order valence-corrected chi connectivity index (χ3v) is 10.8. The van der Waals surface area contributed by atoms with Crippen molar-refractivity contribution < 1.29 is 24.5 Å². The van der Waals surface area contributed by atoms with Crippen molar-refractivity contribution in [2.75, 3.05) is 26.8 Å². The predicted molar refractivity (Wildman–Crippen MR) is 202 cm³/mol. The monoisotopic (exact) mass is 756 g/mol. The van der Waals surface area contributed by atoms with Gasteiger partial charge in [0.05, 0.1) is 41.6 Å². The number of pyridine rings is 2. The molecule has 0 saturated carbocycles. The number of amides is 2. The summed E-state index contributed by atoms with van der Waals surface area (Å²) in [7, 11) is 1.47. The highest BCUT2D eigenvalue weighted by molar-refractivity contribution is 6.39. The Kier molecular flexibility index (Phi) is 10.7. The summed E-state index contributed by atoms with van der Waals surface area (Å²) in [5.74, 6) is 0.174. The minimum atomic E-state index is -1.11. The van der Waals surface area contributed by atoms with E-state index < -0.39 is 6.09 Å². The molecule has 53 heavy (non-hydrogen) atoms.